The lowest BCUT2D eigenvalue weighted by Gasteiger charge is -2.36. The number of furan rings is 1. The Hall–Kier alpha value is -10.7. The molecule has 16 rings (SSSR count). The van der Waals surface area contributed by atoms with Gasteiger partial charge in [-0.1, -0.05) is 272 Å². The molecule has 0 atom stereocenters. The van der Waals surface area contributed by atoms with Crippen molar-refractivity contribution in [3.63, 3.8) is 0 Å². The van der Waals surface area contributed by atoms with Gasteiger partial charge in [0.15, 0.2) is 5.58 Å². The van der Waals surface area contributed by atoms with Crippen molar-refractivity contribution >= 4 is 56.1 Å². The predicted molar refractivity (Wildman–Crippen MR) is 382 cm³/mol. The maximum atomic E-state index is 7.74. The molecule has 0 spiro atoms. The van der Waals surface area contributed by atoms with Gasteiger partial charge in [-0.3, -0.25) is 0 Å². The first kappa shape index (κ1) is 55.6. The van der Waals surface area contributed by atoms with Crippen molar-refractivity contribution < 1.29 is 4.42 Å². The molecule has 91 heavy (non-hydrogen) atoms. The van der Waals surface area contributed by atoms with Gasteiger partial charge in [0.05, 0.1) is 16.8 Å². The van der Waals surface area contributed by atoms with Gasteiger partial charge in [0.25, 0.3) is 0 Å². The first-order valence-electron chi connectivity index (χ1n) is 32.0. The number of anilines is 6. The van der Waals surface area contributed by atoms with E-state index in [2.05, 4.69) is 355 Å². The highest BCUT2D eigenvalue weighted by Crippen LogP contribution is 2.65. The van der Waals surface area contributed by atoms with Crippen LogP contribution in [0, 0.1) is 0 Å². The Bertz CT molecular complexity index is 4980. The molecule has 438 valence electrons. The van der Waals surface area contributed by atoms with Gasteiger partial charge >= 0.3 is 0 Å². The molecule has 0 N–H and O–H groups in total. The third-order valence-electron chi connectivity index (χ3n) is 19.3. The summed E-state index contributed by atoms with van der Waals surface area (Å²) in [6.45, 7) is 13.8. The molecule has 0 radical (unpaired) electrons. The number of benzene rings is 13. The first-order valence-corrected chi connectivity index (χ1v) is 32.0. The van der Waals surface area contributed by atoms with E-state index >= 15 is 0 Å². The Morgan fingerprint density at radius 1 is 0.341 bits per heavy atom. The van der Waals surface area contributed by atoms with E-state index in [-0.39, 0.29) is 10.8 Å². The molecule has 0 fully saturated rings. The van der Waals surface area contributed by atoms with Gasteiger partial charge in [0.1, 0.15) is 5.58 Å². The summed E-state index contributed by atoms with van der Waals surface area (Å²) < 4.78 is 7.74. The number of hydrogen-bond donors (Lipinski definition) is 0. The molecule has 1 aromatic heterocycles. The lowest BCUT2D eigenvalue weighted by molar-refractivity contribution is 0.590. The third-order valence-corrected chi connectivity index (χ3v) is 19.3. The van der Waals surface area contributed by atoms with Crippen molar-refractivity contribution in [3.05, 3.63) is 348 Å². The number of fused-ring (bicyclic) bond motifs is 11. The molecule has 0 bridgehead atoms. The van der Waals surface area contributed by atoms with Crippen LogP contribution in [0.5, 0.6) is 0 Å². The van der Waals surface area contributed by atoms with E-state index in [4.69, 9.17) is 4.42 Å². The third kappa shape index (κ3) is 9.32. The SMILES string of the molecule is CC(C)(C)c1ccc(N(c2ccc(-c3ccccc3)cc2)c2cc3c(c4c2-c2ccccc2C4)-c2c(cc(N(c4ccc(-c5ccccc5)cc4)c4ccc(C(C)(C)C)cc4)c4oc5cc(-c6ccccc6)ccc5c24)C3(c2ccccc2)c2ccccc2)cc1. The highest BCUT2D eigenvalue weighted by Gasteiger charge is 2.51. The summed E-state index contributed by atoms with van der Waals surface area (Å²) in [7, 11) is 0. The molecule has 13 aromatic carbocycles. The summed E-state index contributed by atoms with van der Waals surface area (Å²) in [5.41, 5.74) is 29.0. The van der Waals surface area contributed by atoms with Crippen LogP contribution < -0.4 is 9.80 Å². The number of rotatable bonds is 11. The minimum Gasteiger partial charge on any atom is -0.454 e. The van der Waals surface area contributed by atoms with Crippen LogP contribution in [0.1, 0.15) is 86.1 Å². The second-order valence-corrected chi connectivity index (χ2v) is 26.8. The molecule has 0 saturated heterocycles. The van der Waals surface area contributed by atoms with Crippen LogP contribution in [0.2, 0.25) is 0 Å². The Morgan fingerprint density at radius 2 is 0.725 bits per heavy atom. The van der Waals surface area contributed by atoms with E-state index in [1.807, 2.05) is 0 Å². The Morgan fingerprint density at radius 3 is 1.21 bits per heavy atom. The van der Waals surface area contributed by atoms with Gasteiger partial charge in [-0.2, -0.15) is 0 Å². The fraction of sp³-hybridized carbons (Fsp3) is 0.114. The van der Waals surface area contributed by atoms with E-state index in [0.29, 0.717) is 0 Å². The molecule has 2 aliphatic carbocycles. The molecule has 0 amide bonds. The van der Waals surface area contributed by atoms with E-state index < -0.39 is 5.41 Å². The first-order chi connectivity index (χ1) is 44.4. The van der Waals surface area contributed by atoms with Gasteiger partial charge in [0, 0.05) is 39.1 Å². The molecule has 0 unspecified atom stereocenters. The van der Waals surface area contributed by atoms with Crippen LogP contribution in [0.3, 0.4) is 0 Å². The molecule has 0 saturated carbocycles. The smallest absolute Gasteiger partial charge is 0.160 e. The molecule has 3 nitrogen and oxygen atoms in total. The molecule has 2 aliphatic rings. The largest absolute Gasteiger partial charge is 0.454 e. The van der Waals surface area contributed by atoms with Crippen molar-refractivity contribution in [1.82, 2.24) is 0 Å². The Kier molecular flexibility index (Phi) is 13.3. The summed E-state index contributed by atoms with van der Waals surface area (Å²) in [5, 5.41) is 2.18. The van der Waals surface area contributed by atoms with Gasteiger partial charge in [-0.15, -0.1) is 0 Å². The zero-order valence-electron chi connectivity index (χ0n) is 52.4. The summed E-state index contributed by atoms with van der Waals surface area (Å²) in [6, 6.07) is 113. The van der Waals surface area contributed by atoms with E-state index in [1.54, 1.807) is 0 Å². The van der Waals surface area contributed by atoms with E-state index in [0.717, 1.165) is 79.2 Å². The van der Waals surface area contributed by atoms with Crippen LogP contribution in [-0.4, -0.2) is 0 Å². The van der Waals surface area contributed by atoms with Crippen LogP contribution in [-0.2, 0) is 22.7 Å². The van der Waals surface area contributed by atoms with Crippen LogP contribution in [0.4, 0.5) is 34.1 Å². The average molecular weight is 1170 g/mol. The fourth-order valence-electron chi connectivity index (χ4n) is 14.8. The van der Waals surface area contributed by atoms with Gasteiger partial charge < -0.3 is 14.2 Å². The average Bonchev–Trinajstić information content (AvgIpc) is 1.51. The summed E-state index contributed by atoms with van der Waals surface area (Å²) >= 11 is 0. The predicted octanol–water partition coefficient (Wildman–Crippen LogP) is 24.1. The lowest BCUT2D eigenvalue weighted by Crippen LogP contribution is -2.29. The van der Waals surface area contributed by atoms with Crippen molar-refractivity contribution in [2.45, 2.75) is 64.2 Å². The Balaban J connectivity index is 1.06. The molecule has 14 aromatic rings. The minimum absolute atomic E-state index is 0.0349. The molecule has 1 heterocycles. The van der Waals surface area contributed by atoms with E-state index in [1.165, 1.54) is 83.5 Å². The van der Waals surface area contributed by atoms with E-state index in [9.17, 15) is 0 Å². The monoisotopic (exact) mass is 1170 g/mol. The lowest BCUT2D eigenvalue weighted by atomic mass is 9.67. The molecule has 0 aliphatic heterocycles. The zero-order chi connectivity index (χ0) is 61.6. The second-order valence-electron chi connectivity index (χ2n) is 26.8. The highest BCUT2D eigenvalue weighted by atomic mass is 16.3. The molecular formula is C88H70N2O. The van der Waals surface area contributed by atoms with Crippen molar-refractivity contribution in [3.8, 4) is 55.6 Å². The topological polar surface area (TPSA) is 19.6 Å². The Labute approximate surface area is 534 Å². The summed E-state index contributed by atoms with van der Waals surface area (Å²) in [5.74, 6) is 0. The highest BCUT2D eigenvalue weighted by molar-refractivity contribution is 6.21. The van der Waals surface area contributed by atoms with Gasteiger partial charge in [-0.25, -0.2) is 0 Å². The quantitative estimate of drug-likeness (QED) is 0.129. The number of nitrogens with zero attached hydrogens (tertiary/aromatic N) is 2. The van der Waals surface area contributed by atoms with Crippen LogP contribution in [0.15, 0.2) is 308 Å². The van der Waals surface area contributed by atoms with Crippen LogP contribution in [0.25, 0.3) is 77.6 Å². The minimum atomic E-state index is -0.861. The normalized spacial score (nSPS) is 13.0. The van der Waals surface area contributed by atoms with Crippen molar-refractivity contribution in [1.29, 1.82) is 0 Å². The van der Waals surface area contributed by atoms with Crippen molar-refractivity contribution in [2.75, 3.05) is 9.80 Å². The fourth-order valence-corrected chi connectivity index (χ4v) is 14.8. The molecule has 3 heteroatoms. The van der Waals surface area contributed by atoms with Gasteiger partial charge in [0.2, 0.25) is 0 Å². The van der Waals surface area contributed by atoms with Crippen molar-refractivity contribution in [2.24, 2.45) is 0 Å². The number of hydrogen-bond acceptors (Lipinski definition) is 3. The molecular weight excluding hydrogens is 1100 g/mol. The second kappa shape index (κ2) is 21.8. The van der Waals surface area contributed by atoms with Crippen LogP contribution >= 0.6 is 0 Å². The van der Waals surface area contributed by atoms with Gasteiger partial charge in [-0.05, 0) is 185 Å². The maximum absolute atomic E-state index is 7.74. The summed E-state index contributed by atoms with van der Waals surface area (Å²) in [4.78, 5) is 5.01. The standard InChI is InChI=1S/C88H70N2O/c1-86(2,3)65-41-49-71(50-42-65)89(69-45-36-61(37-46-69)58-24-12-7-13-25-58)78-56-76-82(75-54-64-30-22-23-35-73(64)81(75)78)84-77(88(76,67-31-18-10-19-32-67)68-33-20-11-21-34-68)57-79(85-83(84)74-53-40-63(55-80(74)91-85)60-28-16-9-17-29-60)90(72-51-43-66(44-52-72)87(4,5)6)70-47-38-62(39-48-70)59-26-14-8-15-27-59/h7-53,55-57H,54H2,1-6H3. The summed E-state index contributed by atoms with van der Waals surface area (Å²) in [6.07, 6.45) is 0.752. The zero-order valence-corrected chi connectivity index (χ0v) is 52.4. The maximum Gasteiger partial charge on any atom is 0.160 e.